The lowest BCUT2D eigenvalue weighted by molar-refractivity contribution is -0.129. The molecule has 1 fully saturated rings. The molecule has 3 atom stereocenters. The van der Waals surface area contributed by atoms with Crippen molar-refractivity contribution in [3.63, 3.8) is 0 Å². The molecule has 1 aromatic heterocycles. The number of aliphatic hydroxyl groups excluding tert-OH is 1. The Balaban J connectivity index is 1.90. The topological polar surface area (TPSA) is 82.8 Å². The number of likely N-dealkylation sites (tertiary alicyclic amines) is 1. The summed E-state index contributed by atoms with van der Waals surface area (Å²) in [5.74, 6) is 0.350. The molecule has 0 aromatic carbocycles. The summed E-state index contributed by atoms with van der Waals surface area (Å²) in [4.78, 5) is 26.0. The van der Waals surface area contributed by atoms with Crippen LogP contribution in [-0.2, 0) is 16.1 Å². The van der Waals surface area contributed by atoms with E-state index in [9.17, 15) is 14.7 Å². The van der Waals surface area contributed by atoms with Gasteiger partial charge in [-0.3, -0.25) is 9.59 Å². The maximum Gasteiger partial charge on any atom is 0.225 e. The lowest BCUT2D eigenvalue weighted by Gasteiger charge is -2.23. The van der Waals surface area contributed by atoms with Gasteiger partial charge in [0.25, 0.3) is 0 Å². The van der Waals surface area contributed by atoms with Gasteiger partial charge in [0.2, 0.25) is 11.8 Å². The molecule has 0 aliphatic carbocycles. The van der Waals surface area contributed by atoms with E-state index in [1.165, 1.54) is 0 Å². The molecule has 1 saturated heterocycles. The molecule has 0 saturated carbocycles. The second-order valence-electron chi connectivity index (χ2n) is 5.94. The molecule has 22 heavy (non-hydrogen) atoms. The summed E-state index contributed by atoms with van der Waals surface area (Å²) in [7, 11) is 0. The van der Waals surface area contributed by atoms with Gasteiger partial charge in [-0.2, -0.15) is 0 Å². The Hall–Kier alpha value is -1.82. The van der Waals surface area contributed by atoms with Crippen LogP contribution in [0.4, 0.5) is 0 Å². The van der Waals surface area contributed by atoms with Gasteiger partial charge in [-0.25, -0.2) is 0 Å². The molecule has 1 aliphatic rings. The summed E-state index contributed by atoms with van der Waals surface area (Å²) in [6.07, 6.45) is 2.66. The molecule has 1 aliphatic heterocycles. The third-order valence-corrected chi connectivity index (χ3v) is 4.37. The summed E-state index contributed by atoms with van der Waals surface area (Å²) in [5.41, 5.74) is 0. The largest absolute Gasteiger partial charge is 0.467 e. The molecule has 0 bridgehead atoms. The van der Waals surface area contributed by atoms with Crippen LogP contribution in [0.1, 0.15) is 32.4 Å². The highest BCUT2D eigenvalue weighted by molar-refractivity contribution is 5.89. The van der Waals surface area contributed by atoms with Crippen LogP contribution in [0.5, 0.6) is 0 Å². The molecule has 0 spiro atoms. The quantitative estimate of drug-likeness (QED) is 0.791. The van der Waals surface area contributed by atoms with Gasteiger partial charge in [-0.05, 0) is 18.1 Å². The molecule has 6 heteroatoms. The molecule has 2 amide bonds. The van der Waals surface area contributed by atoms with Gasteiger partial charge in [0.1, 0.15) is 5.76 Å². The SMILES string of the molecule is CC[C@H](C)[C@H](CO)NC(=O)[C@@H]1CC(=O)N(Cc2ccco2)C1. The van der Waals surface area contributed by atoms with E-state index >= 15 is 0 Å². The van der Waals surface area contributed by atoms with Crippen LogP contribution in [0.3, 0.4) is 0 Å². The van der Waals surface area contributed by atoms with Crippen molar-refractivity contribution in [1.29, 1.82) is 0 Å². The van der Waals surface area contributed by atoms with Gasteiger partial charge in [-0.15, -0.1) is 0 Å². The number of nitrogens with zero attached hydrogens (tertiary/aromatic N) is 1. The van der Waals surface area contributed by atoms with Crippen LogP contribution < -0.4 is 5.32 Å². The van der Waals surface area contributed by atoms with Crippen LogP contribution in [0.15, 0.2) is 22.8 Å². The molecule has 2 rings (SSSR count). The molecule has 1 aromatic rings. The number of rotatable bonds is 7. The van der Waals surface area contributed by atoms with Crippen LogP contribution in [0, 0.1) is 11.8 Å². The van der Waals surface area contributed by atoms with Crippen LogP contribution in [0.2, 0.25) is 0 Å². The second-order valence-corrected chi connectivity index (χ2v) is 5.94. The van der Waals surface area contributed by atoms with Crippen LogP contribution in [-0.4, -0.2) is 41.0 Å². The first-order chi connectivity index (χ1) is 10.5. The average molecular weight is 308 g/mol. The first kappa shape index (κ1) is 16.5. The summed E-state index contributed by atoms with van der Waals surface area (Å²) >= 11 is 0. The molecule has 0 unspecified atom stereocenters. The lowest BCUT2D eigenvalue weighted by atomic mass is 9.98. The molecule has 2 N–H and O–H groups in total. The van der Waals surface area contributed by atoms with Gasteiger partial charge < -0.3 is 19.7 Å². The van der Waals surface area contributed by atoms with Crippen molar-refractivity contribution in [2.75, 3.05) is 13.2 Å². The summed E-state index contributed by atoms with van der Waals surface area (Å²) in [6.45, 7) is 4.71. The predicted octanol–water partition coefficient (Wildman–Crippen LogP) is 1.15. The van der Waals surface area contributed by atoms with E-state index in [0.717, 1.165) is 6.42 Å². The Morgan fingerprint density at radius 3 is 2.95 bits per heavy atom. The number of nitrogens with one attached hydrogen (secondary N) is 1. The average Bonchev–Trinajstić information content (AvgIpc) is 3.14. The normalized spacial score (nSPS) is 21.0. The Kier molecular flexibility index (Phi) is 5.60. The van der Waals surface area contributed by atoms with E-state index in [1.807, 2.05) is 19.9 Å². The summed E-state index contributed by atoms with van der Waals surface area (Å²) in [5, 5.41) is 12.3. The Bertz CT molecular complexity index is 500. The third-order valence-electron chi connectivity index (χ3n) is 4.37. The highest BCUT2D eigenvalue weighted by atomic mass is 16.3. The first-order valence-corrected chi connectivity index (χ1v) is 7.76. The molecule has 2 heterocycles. The second kappa shape index (κ2) is 7.45. The first-order valence-electron chi connectivity index (χ1n) is 7.76. The van der Waals surface area contributed by atoms with Crippen molar-refractivity contribution in [2.24, 2.45) is 11.8 Å². The standard InChI is InChI=1S/C16H24N2O4/c1-3-11(2)14(10-19)17-16(21)12-7-15(20)18(8-12)9-13-5-4-6-22-13/h4-6,11-12,14,19H,3,7-10H2,1-2H3,(H,17,21)/t11-,12+,14-/m0/s1. The van der Waals surface area contributed by atoms with E-state index in [-0.39, 0.29) is 42.7 Å². The number of furan rings is 1. The van der Waals surface area contributed by atoms with Gasteiger partial charge >= 0.3 is 0 Å². The van der Waals surface area contributed by atoms with E-state index in [4.69, 9.17) is 4.42 Å². The lowest BCUT2D eigenvalue weighted by Crippen LogP contribution is -2.45. The zero-order valence-corrected chi connectivity index (χ0v) is 13.1. The number of hydrogen-bond acceptors (Lipinski definition) is 4. The van der Waals surface area contributed by atoms with E-state index in [0.29, 0.717) is 18.8 Å². The molecular weight excluding hydrogens is 284 g/mol. The smallest absolute Gasteiger partial charge is 0.225 e. The third kappa shape index (κ3) is 3.88. The fourth-order valence-electron chi connectivity index (χ4n) is 2.64. The van der Waals surface area contributed by atoms with Crippen molar-refractivity contribution in [2.45, 2.75) is 39.3 Å². The minimum absolute atomic E-state index is 0.0411. The number of carbonyl (C=O) groups is 2. The van der Waals surface area contributed by atoms with Crippen molar-refractivity contribution in [1.82, 2.24) is 10.2 Å². The number of amides is 2. The molecule has 122 valence electrons. The van der Waals surface area contributed by atoms with Crippen molar-refractivity contribution >= 4 is 11.8 Å². The maximum atomic E-state index is 12.3. The minimum atomic E-state index is -0.361. The fraction of sp³-hybridized carbons (Fsp3) is 0.625. The zero-order valence-electron chi connectivity index (χ0n) is 13.1. The monoisotopic (exact) mass is 308 g/mol. The van der Waals surface area contributed by atoms with Gasteiger partial charge in [0, 0.05) is 13.0 Å². The highest BCUT2D eigenvalue weighted by Crippen LogP contribution is 2.21. The van der Waals surface area contributed by atoms with Crippen molar-refractivity contribution < 1.29 is 19.1 Å². The highest BCUT2D eigenvalue weighted by Gasteiger charge is 2.35. The minimum Gasteiger partial charge on any atom is -0.467 e. The predicted molar refractivity (Wildman–Crippen MR) is 80.7 cm³/mol. The number of carbonyl (C=O) groups excluding carboxylic acids is 2. The van der Waals surface area contributed by atoms with E-state index in [2.05, 4.69) is 5.32 Å². The van der Waals surface area contributed by atoms with E-state index < -0.39 is 0 Å². The van der Waals surface area contributed by atoms with Gasteiger partial charge in [0.05, 0.1) is 31.4 Å². The summed E-state index contributed by atoms with van der Waals surface area (Å²) < 4.78 is 5.24. The van der Waals surface area contributed by atoms with Crippen molar-refractivity contribution in [3.05, 3.63) is 24.2 Å². The maximum absolute atomic E-state index is 12.3. The van der Waals surface area contributed by atoms with Crippen molar-refractivity contribution in [3.8, 4) is 0 Å². The molecular formula is C16H24N2O4. The molecule has 0 radical (unpaired) electrons. The summed E-state index contributed by atoms with van der Waals surface area (Å²) in [6, 6.07) is 3.33. The Morgan fingerprint density at radius 1 is 1.59 bits per heavy atom. The zero-order chi connectivity index (χ0) is 16.1. The van der Waals surface area contributed by atoms with Crippen LogP contribution in [0.25, 0.3) is 0 Å². The van der Waals surface area contributed by atoms with Gasteiger partial charge in [0.15, 0.2) is 0 Å². The van der Waals surface area contributed by atoms with Crippen LogP contribution >= 0.6 is 0 Å². The number of hydrogen-bond donors (Lipinski definition) is 2. The molecule has 6 nitrogen and oxygen atoms in total. The van der Waals surface area contributed by atoms with E-state index in [1.54, 1.807) is 17.2 Å². The Labute approximate surface area is 130 Å². The van der Waals surface area contributed by atoms with Gasteiger partial charge in [-0.1, -0.05) is 20.3 Å². The fourth-order valence-corrected chi connectivity index (χ4v) is 2.64. The Morgan fingerprint density at radius 2 is 2.36 bits per heavy atom. The number of aliphatic hydroxyl groups is 1.